The molecule has 192 valence electrons. The first-order valence-electron chi connectivity index (χ1n) is 9.52. The predicted molar refractivity (Wildman–Crippen MR) is 121 cm³/mol. The number of hydrogen-bond donors (Lipinski definition) is 0. The van der Waals surface area contributed by atoms with E-state index in [1.54, 1.807) is 39.3 Å². The van der Waals surface area contributed by atoms with Gasteiger partial charge in [0, 0.05) is 0 Å². The summed E-state index contributed by atoms with van der Waals surface area (Å²) < 4.78 is 134. The summed E-state index contributed by atoms with van der Waals surface area (Å²) in [5.41, 5.74) is -11.4. The van der Waals surface area contributed by atoms with Crippen LogP contribution in [0.1, 0.15) is 0 Å². The Morgan fingerprint density at radius 2 is 0.912 bits per heavy atom. The summed E-state index contributed by atoms with van der Waals surface area (Å²) in [4.78, 5) is 0. The highest BCUT2D eigenvalue weighted by molar-refractivity contribution is 7.88. The zero-order valence-electron chi connectivity index (χ0n) is 18.8. The summed E-state index contributed by atoms with van der Waals surface area (Å²) in [7, 11) is -17.7. The normalized spacial score (nSPS) is 14.4. The Balaban J connectivity index is 3.05. The van der Waals surface area contributed by atoms with E-state index in [1.165, 1.54) is 12.1 Å². The van der Waals surface area contributed by atoms with Crippen molar-refractivity contribution < 1.29 is 51.5 Å². The minimum absolute atomic E-state index is 0.0742. The number of alkyl halides is 6. The van der Waals surface area contributed by atoms with Crippen molar-refractivity contribution in [3.63, 3.8) is 0 Å². The quantitative estimate of drug-likeness (QED) is 0.222. The lowest BCUT2D eigenvalue weighted by molar-refractivity contribution is -0.0504. The standard InChI is InChI=1S/C18H22F6O6S2Si2/c1-33(2,3)15-12(29-31(25,26)17(19,20)21)9-7-11-8-10-13(16(14(11)15)34(4,5)6)30-32(27,28)18(22,23)24/h7-10H,1-6H3. The number of fused-ring (bicyclic) bond motifs is 1. The van der Waals surface area contributed by atoms with Gasteiger partial charge in [0.25, 0.3) is 0 Å². The second-order valence-electron chi connectivity index (χ2n) is 9.44. The van der Waals surface area contributed by atoms with Crippen LogP contribution in [0.15, 0.2) is 24.3 Å². The predicted octanol–water partition coefficient (Wildman–Crippen LogP) is 4.39. The van der Waals surface area contributed by atoms with Crippen LogP contribution in [-0.4, -0.2) is 44.0 Å². The molecule has 34 heavy (non-hydrogen) atoms. The molecule has 0 heterocycles. The molecule has 6 nitrogen and oxygen atoms in total. The third kappa shape index (κ3) is 5.54. The molecule has 0 unspecified atom stereocenters. The van der Waals surface area contributed by atoms with Crippen LogP contribution in [0.25, 0.3) is 10.8 Å². The second-order valence-corrected chi connectivity index (χ2v) is 22.5. The first-order chi connectivity index (χ1) is 14.9. The first-order valence-corrected chi connectivity index (χ1v) is 19.3. The Morgan fingerprint density at radius 3 is 1.15 bits per heavy atom. The van der Waals surface area contributed by atoms with Crippen molar-refractivity contribution in [3.8, 4) is 11.5 Å². The smallest absolute Gasteiger partial charge is 0.376 e. The molecule has 0 amide bonds. The highest BCUT2D eigenvalue weighted by Crippen LogP contribution is 2.33. The Morgan fingerprint density at radius 1 is 0.618 bits per heavy atom. The molecule has 2 rings (SSSR count). The van der Waals surface area contributed by atoms with Gasteiger partial charge in [-0.1, -0.05) is 51.4 Å². The van der Waals surface area contributed by atoms with E-state index in [9.17, 15) is 43.2 Å². The molecule has 0 atom stereocenters. The molecular weight excluding hydrogens is 546 g/mol. The summed E-state index contributed by atoms with van der Waals surface area (Å²) in [5, 5.41) is 0.627. The van der Waals surface area contributed by atoms with Gasteiger partial charge in [0.2, 0.25) is 0 Å². The highest BCUT2D eigenvalue weighted by atomic mass is 32.2. The lowest BCUT2D eigenvalue weighted by atomic mass is 10.1. The van der Waals surface area contributed by atoms with E-state index in [2.05, 4.69) is 8.37 Å². The monoisotopic (exact) mass is 568 g/mol. The fraction of sp³-hybridized carbons (Fsp3) is 0.444. The summed E-state index contributed by atoms with van der Waals surface area (Å²) in [6, 6.07) is 4.60. The largest absolute Gasteiger partial charge is 0.534 e. The molecule has 0 bridgehead atoms. The van der Waals surface area contributed by atoms with Gasteiger partial charge in [0.15, 0.2) is 0 Å². The molecule has 16 heteroatoms. The summed E-state index contributed by atoms with van der Waals surface area (Å²) in [6.07, 6.45) is 0. The Hall–Kier alpha value is -1.79. The van der Waals surface area contributed by atoms with Crippen molar-refractivity contribution in [3.05, 3.63) is 24.3 Å². The molecule has 0 saturated carbocycles. The van der Waals surface area contributed by atoms with Crippen molar-refractivity contribution >= 4 is 57.5 Å². The van der Waals surface area contributed by atoms with E-state index in [4.69, 9.17) is 0 Å². The van der Waals surface area contributed by atoms with E-state index in [-0.39, 0.29) is 15.8 Å². The molecule has 0 radical (unpaired) electrons. The molecule has 2 aromatic carbocycles. The van der Waals surface area contributed by atoms with Crippen molar-refractivity contribution in [2.24, 2.45) is 0 Å². The number of rotatable bonds is 6. The molecule has 0 aliphatic rings. The van der Waals surface area contributed by atoms with Gasteiger partial charge in [0.05, 0.1) is 16.1 Å². The van der Waals surface area contributed by atoms with Gasteiger partial charge in [0.1, 0.15) is 11.5 Å². The van der Waals surface area contributed by atoms with E-state index < -0.39 is 58.9 Å². The van der Waals surface area contributed by atoms with Crippen molar-refractivity contribution in [1.82, 2.24) is 0 Å². The van der Waals surface area contributed by atoms with Gasteiger partial charge >= 0.3 is 31.3 Å². The average Bonchev–Trinajstić information content (AvgIpc) is 2.56. The molecular formula is C18H22F6O6S2Si2. The van der Waals surface area contributed by atoms with Gasteiger partial charge in [-0.2, -0.15) is 43.2 Å². The van der Waals surface area contributed by atoms with Crippen LogP contribution < -0.4 is 18.7 Å². The summed E-state index contributed by atoms with van der Waals surface area (Å²) in [5.74, 6) is -1.25. The maximum atomic E-state index is 13.0. The Kier molecular flexibility index (Phi) is 7.04. The number of hydrogen-bond acceptors (Lipinski definition) is 6. The average molecular weight is 569 g/mol. The fourth-order valence-electron chi connectivity index (χ4n) is 3.34. The van der Waals surface area contributed by atoms with Gasteiger partial charge in [-0.3, -0.25) is 0 Å². The molecule has 0 spiro atoms. The van der Waals surface area contributed by atoms with Crippen LogP contribution in [-0.2, 0) is 20.2 Å². The Labute approximate surface area is 195 Å². The maximum Gasteiger partial charge on any atom is 0.534 e. The van der Waals surface area contributed by atoms with Crippen LogP contribution in [0.2, 0.25) is 39.3 Å². The van der Waals surface area contributed by atoms with Crippen LogP contribution in [0, 0.1) is 0 Å². The van der Waals surface area contributed by atoms with E-state index in [0.29, 0.717) is 5.39 Å². The maximum absolute atomic E-state index is 13.0. The second kappa shape index (κ2) is 8.41. The molecule has 0 N–H and O–H groups in total. The van der Waals surface area contributed by atoms with Crippen LogP contribution in [0.3, 0.4) is 0 Å². The third-order valence-corrected chi connectivity index (χ3v) is 10.5. The van der Waals surface area contributed by atoms with Crippen molar-refractivity contribution in [2.45, 2.75) is 50.3 Å². The van der Waals surface area contributed by atoms with Crippen LogP contribution >= 0.6 is 0 Å². The molecule has 0 saturated heterocycles. The van der Waals surface area contributed by atoms with Crippen LogP contribution in [0.5, 0.6) is 11.5 Å². The molecule has 0 aromatic heterocycles. The zero-order chi connectivity index (χ0) is 26.7. The third-order valence-electron chi connectivity index (χ3n) is 4.58. The fourth-order valence-corrected chi connectivity index (χ4v) is 8.34. The van der Waals surface area contributed by atoms with Gasteiger partial charge in [-0.25, -0.2) is 0 Å². The molecule has 0 aliphatic carbocycles. The minimum atomic E-state index is -6.05. The number of halogens is 6. The zero-order valence-corrected chi connectivity index (χ0v) is 22.5. The summed E-state index contributed by atoms with van der Waals surface area (Å²) in [6.45, 7) is 10.0. The molecule has 2 aromatic rings. The van der Waals surface area contributed by atoms with E-state index >= 15 is 0 Å². The Bertz CT molecular complexity index is 1220. The number of benzene rings is 2. The van der Waals surface area contributed by atoms with Gasteiger partial charge < -0.3 is 8.37 Å². The topological polar surface area (TPSA) is 86.7 Å². The summed E-state index contributed by atoms with van der Waals surface area (Å²) >= 11 is 0. The van der Waals surface area contributed by atoms with Gasteiger partial charge in [-0.05, 0) is 33.3 Å². The van der Waals surface area contributed by atoms with Crippen molar-refractivity contribution in [1.29, 1.82) is 0 Å². The molecule has 0 fully saturated rings. The first kappa shape index (κ1) is 28.5. The van der Waals surface area contributed by atoms with Crippen LogP contribution in [0.4, 0.5) is 26.3 Å². The van der Waals surface area contributed by atoms with E-state index in [0.717, 1.165) is 12.1 Å². The van der Waals surface area contributed by atoms with Crippen molar-refractivity contribution in [2.75, 3.05) is 0 Å². The highest BCUT2D eigenvalue weighted by Gasteiger charge is 2.50. The van der Waals surface area contributed by atoms with Gasteiger partial charge in [-0.15, -0.1) is 0 Å². The lowest BCUT2D eigenvalue weighted by Crippen LogP contribution is -2.47. The SMILES string of the molecule is C[Si](C)(C)c1c(OS(=O)(=O)C(F)(F)F)ccc2ccc(OS(=O)(=O)C(F)(F)F)c([Si](C)(C)C)c12. The molecule has 0 aliphatic heterocycles. The minimum Gasteiger partial charge on any atom is -0.376 e. The lowest BCUT2D eigenvalue weighted by Gasteiger charge is -2.29. The van der Waals surface area contributed by atoms with E-state index in [1.807, 2.05) is 0 Å².